The molecule has 0 saturated carbocycles. The van der Waals surface area contributed by atoms with Crippen LogP contribution in [0.4, 0.5) is 5.82 Å². The minimum atomic E-state index is 0.0377. The Hall–Kier alpha value is -0.900. The molecule has 0 aliphatic rings. The molecular weight excluding hydrogens is 268 g/mol. The zero-order valence-corrected chi connectivity index (χ0v) is 11.5. The molecule has 3 nitrogen and oxygen atoms in total. The molecule has 1 atom stereocenters. The number of nitrogens with one attached hydrogen (secondary N) is 1. The van der Waals surface area contributed by atoms with Crippen LogP contribution >= 0.6 is 15.9 Å². The highest BCUT2D eigenvalue weighted by atomic mass is 79.9. The van der Waals surface area contributed by atoms with Crippen LogP contribution < -0.4 is 5.32 Å². The van der Waals surface area contributed by atoms with Crippen LogP contribution in [0.2, 0.25) is 0 Å². The molecule has 0 aliphatic heterocycles. The van der Waals surface area contributed by atoms with Crippen molar-refractivity contribution in [3.8, 4) is 0 Å². The van der Waals surface area contributed by atoms with Crippen molar-refractivity contribution >= 4 is 27.7 Å². The van der Waals surface area contributed by atoms with E-state index in [1.54, 1.807) is 6.20 Å². The Labute approximate surface area is 105 Å². The maximum Gasteiger partial charge on any atom is 0.228 e. The first-order valence-electron chi connectivity index (χ1n) is 5.47. The number of halogens is 1. The monoisotopic (exact) mass is 284 g/mol. The molecule has 1 N–H and O–H groups in total. The van der Waals surface area contributed by atoms with Gasteiger partial charge in [-0.15, -0.1) is 0 Å². The van der Waals surface area contributed by atoms with Gasteiger partial charge in [-0.2, -0.15) is 0 Å². The van der Waals surface area contributed by atoms with Gasteiger partial charge >= 0.3 is 0 Å². The van der Waals surface area contributed by atoms with Crippen LogP contribution in [0, 0.1) is 12.8 Å². The summed E-state index contributed by atoms with van der Waals surface area (Å²) in [5.74, 6) is 0.695. The quantitative estimate of drug-likeness (QED) is 0.919. The van der Waals surface area contributed by atoms with Gasteiger partial charge in [0.05, 0.1) is 0 Å². The topological polar surface area (TPSA) is 42.0 Å². The Morgan fingerprint density at radius 1 is 1.62 bits per heavy atom. The summed E-state index contributed by atoms with van der Waals surface area (Å²) in [7, 11) is 0. The Morgan fingerprint density at radius 2 is 2.31 bits per heavy atom. The van der Waals surface area contributed by atoms with Crippen LogP contribution in [0.3, 0.4) is 0 Å². The number of nitrogens with zero attached hydrogens (tertiary/aromatic N) is 1. The van der Waals surface area contributed by atoms with E-state index < -0.39 is 0 Å². The fourth-order valence-corrected chi connectivity index (χ4v) is 1.64. The molecule has 1 aromatic rings. The molecule has 4 heteroatoms. The lowest BCUT2D eigenvalue weighted by molar-refractivity contribution is -0.119. The first kappa shape index (κ1) is 13.2. The first-order valence-corrected chi connectivity index (χ1v) is 6.27. The zero-order valence-electron chi connectivity index (χ0n) is 9.88. The van der Waals surface area contributed by atoms with Crippen LogP contribution in [-0.4, -0.2) is 10.9 Å². The van der Waals surface area contributed by atoms with E-state index in [2.05, 4.69) is 33.2 Å². The van der Waals surface area contributed by atoms with Gasteiger partial charge in [0.2, 0.25) is 5.91 Å². The van der Waals surface area contributed by atoms with Gasteiger partial charge in [-0.25, -0.2) is 4.98 Å². The van der Waals surface area contributed by atoms with Crippen LogP contribution in [0.25, 0.3) is 0 Å². The largest absolute Gasteiger partial charge is 0.310 e. The summed E-state index contributed by atoms with van der Waals surface area (Å²) < 4.78 is 0.951. The Kier molecular flexibility index (Phi) is 4.93. The molecule has 1 rings (SSSR count). The Balaban J connectivity index is 2.66. The van der Waals surface area contributed by atoms with Crippen LogP contribution in [0.1, 0.15) is 32.3 Å². The van der Waals surface area contributed by atoms with Gasteiger partial charge < -0.3 is 5.32 Å². The molecule has 0 aliphatic carbocycles. The Morgan fingerprint density at radius 3 is 2.88 bits per heavy atom. The molecule has 88 valence electrons. The van der Waals surface area contributed by atoms with Crippen LogP contribution in [-0.2, 0) is 4.79 Å². The number of amides is 1. The second kappa shape index (κ2) is 5.99. The van der Waals surface area contributed by atoms with E-state index in [1.165, 1.54) is 0 Å². The van der Waals surface area contributed by atoms with E-state index in [4.69, 9.17) is 0 Å². The first-order chi connectivity index (χ1) is 7.54. The van der Waals surface area contributed by atoms with Crippen molar-refractivity contribution in [1.29, 1.82) is 0 Å². The van der Waals surface area contributed by atoms with Crippen LogP contribution in [0.5, 0.6) is 0 Å². The smallest absolute Gasteiger partial charge is 0.228 e. The number of aromatic nitrogens is 1. The maximum atomic E-state index is 11.7. The number of aryl methyl sites for hydroxylation is 1. The summed E-state index contributed by atoms with van der Waals surface area (Å²) in [6.45, 7) is 5.98. The van der Waals surface area contributed by atoms with Gasteiger partial charge in [0.25, 0.3) is 0 Å². The van der Waals surface area contributed by atoms with Crippen molar-refractivity contribution in [2.75, 3.05) is 5.32 Å². The summed E-state index contributed by atoms with van der Waals surface area (Å²) in [4.78, 5) is 15.9. The van der Waals surface area contributed by atoms with E-state index in [9.17, 15) is 4.79 Å². The van der Waals surface area contributed by atoms with Gasteiger partial charge in [-0.05, 0) is 40.9 Å². The normalized spacial score (nSPS) is 12.2. The standard InChI is InChI=1S/C12H17BrN2O/c1-4-5-8(2)12(16)15-11-6-9(3)10(13)7-14-11/h6-8H,4-5H2,1-3H3,(H,14,15,16). The number of carbonyl (C=O) groups excluding carboxylic acids is 1. The SMILES string of the molecule is CCCC(C)C(=O)Nc1cc(C)c(Br)cn1. The molecule has 0 radical (unpaired) electrons. The van der Waals surface area contributed by atoms with Crippen LogP contribution in [0.15, 0.2) is 16.7 Å². The van der Waals surface area contributed by atoms with E-state index in [0.29, 0.717) is 5.82 Å². The molecule has 0 fully saturated rings. The molecule has 0 spiro atoms. The lowest BCUT2D eigenvalue weighted by atomic mass is 10.1. The minimum absolute atomic E-state index is 0.0377. The van der Waals surface area contributed by atoms with Crippen molar-refractivity contribution in [2.45, 2.75) is 33.6 Å². The average Bonchev–Trinajstić information content (AvgIpc) is 2.24. The second-order valence-corrected chi connectivity index (χ2v) is 4.85. The molecule has 0 aromatic carbocycles. The fraction of sp³-hybridized carbons (Fsp3) is 0.500. The number of pyridine rings is 1. The highest BCUT2D eigenvalue weighted by Gasteiger charge is 2.12. The zero-order chi connectivity index (χ0) is 12.1. The number of anilines is 1. The third-order valence-electron chi connectivity index (χ3n) is 2.47. The van der Waals surface area contributed by atoms with Crippen molar-refractivity contribution < 1.29 is 4.79 Å². The van der Waals surface area contributed by atoms with E-state index in [-0.39, 0.29) is 11.8 Å². The maximum absolute atomic E-state index is 11.7. The molecule has 1 aromatic heterocycles. The van der Waals surface area contributed by atoms with E-state index in [1.807, 2.05) is 19.9 Å². The number of carbonyl (C=O) groups is 1. The third-order valence-corrected chi connectivity index (χ3v) is 3.30. The van der Waals surface area contributed by atoms with Gasteiger partial charge in [0.1, 0.15) is 5.82 Å². The van der Waals surface area contributed by atoms with Gasteiger partial charge in [0.15, 0.2) is 0 Å². The highest BCUT2D eigenvalue weighted by molar-refractivity contribution is 9.10. The van der Waals surface area contributed by atoms with Gasteiger partial charge in [0, 0.05) is 16.6 Å². The summed E-state index contributed by atoms with van der Waals surface area (Å²) in [5.41, 5.74) is 1.06. The molecule has 0 saturated heterocycles. The number of hydrogen-bond acceptors (Lipinski definition) is 2. The predicted octanol–water partition coefficient (Wildman–Crippen LogP) is 3.53. The van der Waals surface area contributed by atoms with Crippen molar-refractivity contribution in [3.63, 3.8) is 0 Å². The van der Waals surface area contributed by atoms with E-state index >= 15 is 0 Å². The van der Waals surface area contributed by atoms with Gasteiger partial charge in [-0.1, -0.05) is 20.3 Å². The third kappa shape index (κ3) is 3.59. The van der Waals surface area contributed by atoms with Crippen molar-refractivity contribution in [2.24, 2.45) is 5.92 Å². The summed E-state index contributed by atoms with van der Waals surface area (Å²) in [6.07, 6.45) is 3.62. The summed E-state index contributed by atoms with van der Waals surface area (Å²) >= 11 is 3.37. The predicted molar refractivity (Wildman–Crippen MR) is 69.4 cm³/mol. The number of hydrogen-bond donors (Lipinski definition) is 1. The van der Waals surface area contributed by atoms with Crippen molar-refractivity contribution in [1.82, 2.24) is 4.98 Å². The van der Waals surface area contributed by atoms with Gasteiger partial charge in [-0.3, -0.25) is 4.79 Å². The molecular formula is C12H17BrN2O. The minimum Gasteiger partial charge on any atom is -0.310 e. The molecule has 16 heavy (non-hydrogen) atoms. The lowest BCUT2D eigenvalue weighted by Crippen LogP contribution is -2.20. The molecule has 0 bridgehead atoms. The molecule has 1 unspecified atom stereocenters. The second-order valence-electron chi connectivity index (χ2n) is 4.00. The lowest BCUT2D eigenvalue weighted by Gasteiger charge is -2.11. The average molecular weight is 285 g/mol. The highest BCUT2D eigenvalue weighted by Crippen LogP contribution is 2.18. The van der Waals surface area contributed by atoms with Crippen molar-refractivity contribution in [3.05, 3.63) is 22.3 Å². The number of rotatable bonds is 4. The summed E-state index contributed by atoms with van der Waals surface area (Å²) in [5, 5.41) is 2.82. The molecule has 1 amide bonds. The summed E-state index contributed by atoms with van der Waals surface area (Å²) in [6, 6.07) is 1.86. The fourth-order valence-electron chi connectivity index (χ4n) is 1.42. The Bertz CT molecular complexity index is 379. The van der Waals surface area contributed by atoms with E-state index in [0.717, 1.165) is 22.9 Å². The molecule has 1 heterocycles.